The van der Waals surface area contributed by atoms with E-state index >= 15 is 0 Å². The molecule has 1 aromatic carbocycles. The van der Waals surface area contributed by atoms with Crippen molar-refractivity contribution in [1.82, 2.24) is 25.1 Å². The van der Waals surface area contributed by atoms with Crippen LogP contribution in [0.5, 0.6) is 0 Å². The number of aryl methyl sites for hydroxylation is 1. The van der Waals surface area contributed by atoms with Crippen molar-refractivity contribution in [2.75, 3.05) is 0 Å². The van der Waals surface area contributed by atoms with Crippen LogP contribution in [0.2, 0.25) is 0 Å². The molecule has 0 unspecified atom stereocenters. The Morgan fingerprint density at radius 3 is 2.73 bits per heavy atom. The summed E-state index contributed by atoms with van der Waals surface area (Å²) in [6.07, 6.45) is 5.58. The van der Waals surface area contributed by atoms with Gasteiger partial charge < -0.3 is 4.98 Å². The molecule has 5 heterocycles. The van der Waals surface area contributed by atoms with Gasteiger partial charge in [-0.05, 0) is 76.3 Å². The van der Waals surface area contributed by atoms with Gasteiger partial charge >= 0.3 is 0 Å². The molecule has 6 rings (SSSR count). The molecular formula is C24H17N5S. The van der Waals surface area contributed by atoms with Crippen molar-refractivity contribution >= 4 is 33.3 Å². The van der Waals surface area contributed by atoms with Crippen LogP contribution in [0, 0.1) is 6.92 Å². The van der Waals surface area contributed by atoms with E-state index in [1.165, 1.54) is 16.7 Å². The zero-order valence-electron chi connectivity index (χ0n) is 16.2. The second-order valence-corrected chi connectivity index (χ2v) is 8.12. The van der Waals surface area contributed by atoms with Gasteiger partial charge in [0.05, 0.1) is 11.2 Å². The van der Waals surface area contributed by atoms with Crippen LogP contribution in [-0.2, 0) is 0 Å². The first-order valence-corrected chi connectivity index (χ1v) is 10.6. The Morgan fingerprint density at radius 2 is 1.87 bits per heavy atom. The number of aromatic amines is 2. The van der Waals surface area contributed by atoms with Crippen molar-refractivity contribution in [2.45, 2.75) is 6.92 Å². The van der Waals surface area contributed by atoms with Crippen LogP contribution >= 0.6 is 11.3 Å². The van der Waals surface area contributed by atoms with Crippen LogP contribution in [0.3, 0.4) is 0 Å². The van der Waals surface area contributed by atoms with Crippen LogP contribution in [-0.4, -0.2) is 25.1 Å². The minimum Gasteiger partial charge on any atom is -0.338 e. The normalized spacial score (nSPS) is 11.5. The predicted octanol–water partition coefficient (Wildman–Crippen LogP) is 6.21. The SMILES string of the molecule is Cc1ccncc1-c1ccc2[nH]nc(-c3cc4c(-c5ccsc5)ccnc4[nH]3)c2c1. The Labute approximate surface area is 176 Å². The zero-order valence-corrected chi connectivity index (χ0v) is 17.0. The summed E-state index contributed by atoms with van der Waals surface area (Å²) in [4.78, 5) is 12.3. The highest BCUT2D eigenvalue weighted by Crippen LogP contribution is 2.35. The summed E-state index contributed by atoms with van der Waals surface area (Å²) < 4.78 is 0. The number of rotatable bonds is 3. The van der Waals surface area contributed by atoms with Crippen molar-refractivity contribution in [3.8, 4) is 33.6 Å². The molecule has 5 aromatic heterocycles. The Hall–Kier alpha value is -3.77. The molecule has 6 aromatic rings. The Kier molecular flexibility index (Phi) is 3.79. The highest BCUT2D eigenvalue weighted by Gasteiger charge is 2.15. The highest BCUT2D eigenvalue weighted by molar-refractivity contribution is 7.08. The number of hydrogen-bond donors (Lipinski definition) is 2. The average Bonchev–Trinajstić information content (AvgIpc) is 3.51. The Morgan fingerprint density at radius 1 is 0.900 bits per heavy atom. The fraction of sp³-hybridized carbons (Fsp3) is 0.0417. The molecular weight excluding hydrogens is 390 g/mol. The largest absolute Gasteiger partial charge is 0.338 e. The van der Waals surface area contributed by atoms with Crippen molar-refractivity contribution in [2.24, 2.45) is 0 Å². The van der Waals surface area contributed by atoms with Gasteiger partial charge in [0.1, 0.15) is 11.3 Å². The molecule has 0 atom stereocenters. The topological polar surface area (TPSA) is 70.2 Å². The maximum atomic E-state index is 4.61. The lowest BCUT2D eigenvalue weighted by molar-refractivity contribution is 1.12. The van der Waals surface area contributed by atoms with Crippen LogP contribution in [0.1, 0.15) is 5.56 Å². The van der Waals surface area contributed by atoms with Crippen LogP contribution in [0.25, 0.3) is 55.6 Å². The van der Waals surface area contributed by atoms with Gasteiger partial charge in [-0.25, -0.2) is 4.98 Å². The maximum absolute atomic E-state index is 4.61. The van der Waals surface area contributed by atoms with Crippen molar-refractivity contribution < 1.29 is 0 Å². The molecule has 5 nitrogen and oxygen atoms in total. The lowest BCUT2D eigenvalue weighted by Crippen LogP contribution is -1.85. The minimum atomic E-state index is 0.865. The van der Waals surface area contributed by atoms with Crippen molar-refractivity contribution in [3.63, 3.8) is 0 Å². The average molecular weight is 408 g/mol. The number of thiophene rings is 1. The van der Waals surface area contributed by atoms with E-state index in [0.29, 0.717) is 0 Å². The molecule has 0 saturated heterocycles. The van der Waals surface area contributed by atoms with Gasteiger partial charge in [0.15, 0.2) is 0 Å². The third-order valence-corrected chi connectivity index (χ3v) is 6.22. The molecule has 144 valence electrons. The van der Waals surface area contributed by atoms with Gasteiger partial charge in [0.2, 0.25) is 0 Å². The smallest absolute Gasteiger partial charge is 0.138 e. The van der Waals surface area contributed by atoms with E-state index in [1.807, 2.05) is 24.7 Å². The first-order chi connectivity index (χ1) is 14.8. The van der Waals surface area contributed by atoms with Crippen molar-refractivity contribution in [3.05, 3.63) is 77.4 Å². The summed E-state index contributed by atoms with van der Waals surface area (Å²) in [6.45, 7) is 2.10. The number of nitrogens with one attached hydrogen (secondary N) is 2. The summed E-state index contributed by atoms with van der Waals surface area (Å²) in [5.41, 5.74) is 9.55. The van der Waals surface area contributed by atoms with E-state index in [1.54, 1.807) is 11.3 Å². The molecule has 0 radical (unpaired) electrons. The first kappa shape index (κ1) is 17.1. The molecule has 0 saturated carbocycles. The van der Waals surface area contributed by atoms with Crippen LogP contribution in [0.4, 0.5) is 0 Å². The van der Waals surface area contributed by atoms with Crippen molar-refractivity contribution in [1.29, 1.82) is 0 Å². The fourth-order valence-electron chi connectivity index (χ4n) is 3.98. The third-order valence-electron chi connectivity index (χ3n) is 5.53. The van der Waals surface area contributed by atoms with Crippen LogP contribution < -0.4 is 0 Å². The molecule has 30 heavy (non-hydrogen) atoms. The predicted molar refractivity (Wildman–Crippen MR) is 122 cm³/mol. The molecule has 6 heteroatoms. The first-order valence-electron chi connectivity index (χ1n) is 9.68. The summed E-state index contributed by atoms with van der Waals surface area (Å²) in [6, 6.07) is 14.7. The van der Waals surface area contributed by atoms with E-state index in [4.69, 9.17) is 0 Å². The number of nitrogens with zero attached hydrogens (tertiary/aromatic N) is 3. The number of H-pyrrole nitrogens is 2. The minimum absolute atomic E-state index is 0.865. The summed E-state index contributed by atoms with van der Waals surface area (Å²) in [7, 11) is 0. The Bertz CT molecular complexity index is 1510. The van der Waals surface area contributed by atoms with E-state index in [-0.39, 0.29) is 0 Å². The quantitative estimate of drug-likeness (QED) is 0.367. The van der Waals surface area contributed by atoms with Gasteiger partial charge in [0.25, 0.3) is 0 Å². The second-order valence-electron chi connectivity index (χ2n) is 7.34. The van der Waals surface area contributed by atoms with Crippen LogP contribution in [0.15, 0.2) is 71.8 Å². The van der Waals surface area contributed by atoms with Gasteiger partial charge in [-0.15, -0.1) is 0 Å². The molecule has 0 aliphatic heterocycles. The van der Waals surface area contributed by atoms with Gasteiger partial charge in [0, 0.05) is 34.9 Å². The monoisotopic (exact) mass is 407 g/mol. The third kappa shape index (κ3) is 2.65. The van der Waals surface area contributed by atoms with Gasteiger partial charge in [-0.2, -0.15) is 16.4 Å². The molecule has 0 amide bonds. The van der Waals surface area contributed by atoms with Gasteiger partial charge in [-0.3, -0.25) is 10.1 Å². The molecule has 0 bridgehead atoms. The molecule has 0 aliphatic rings. The van der Waals surface area contributed by atoms with E-state index in [2.05, 4.69) is 79.2 Å². The summed E-state index contributed by atoms with van der Waals surface area (Å²) in [5.74, 6) is 0. The molecule has 0 spiro atoms. The van der Waals surface area contributed by atoms with E-state index < -0.39 is 0 Å². The fourth-order valence-corrected chi connectivity index (χ4v) is 4.63. The number of hydrogen-bond acceptors (Lipinski definition) is 4. The number of benzene rings is 1. The standard InChI is InChI=1S/C24H17N5S/c1-14-4-7-25-12-20(14)15-2-3-21-19(10-15)23(29-28-21)22-11-18-17(16-6-9-30-13-16)5-8-26-24(18)27-22/h2-13H,1H3,(H,26,27)(H,28,29). The number of pyridine rings is 2. The summed E-state index contributed by atoms with van der Waals surface area (Å²) in [5, 5.41) is 14.2. The molecule has 0 aliphatic carbocycles. The zero-order chi connectivity index (χ0) is 20.1. The van der Waals surface area contributed by atoms with E-state index in [9.17, 15) is 0 Å². The second kappa shape index (κ2) is 6.64. The number of aromatic nitrogens is 5. The highest BCUT2D eigenvalue weighted by atomic mass is 32.1. The molecule has 0 fully saturated rings. The summed E-state index contributed by atoms with van der Waals surface area (Å²) >= 11 is 1.70. The number of fused-ring (bicyclic) bond motifs is 2. The lowest BCUT2D eigenvalue weighted by Gasteiger charge is -2.05. The maximum Gasteiger partial charge on any atom is 0.138 e. The van der Waals surface area contributed by atoms with E-state index in [0.717, 1.165) is 44.5 Å². The molecule has 2 N–H and O–H groups in total. The van der Waals surface area contributed by atoms with Gasteiger partial charge in [-0.1, -0.05) is 6.07 Å². The Balaban J connectivity index is 1.53. The lowest BCUT2D eigenvalue weighted by atomic mass is 10.0.